The van der Waals surface area contributed by atoms with Crippen LogP contribution >= 0.6 is 35.3 Å². The molecule has 37 heavy (non-hydrogen) atoms. The number of carboxylic acid groups (broad SMARTS) is 3. The Labute approximate surface area is 240 Å². The van der Waals surface area contributed by atoms with Gasteiger partial charge < -0.3 is 29.7 Å². The van der Waals surface area contributed by atoms with Gasteiger partial charge in [0.25, 0.3) is 0 Å². The molecule has 0 unspecified atom stereocenters. The molecule has 0 aromatic rings. The number of carboxylic acids is 3. The minimum absolute atomic E-state index is 0.153. The Bertz CT molecular complexity index is 657. The highest BCUT2D eigenvalue weighted by atomic mass is 35.5. The lowest BCUT2D eigenvalue weighted by Gasteiger charge is -2.07. The molecular formula is C25H50Cl3N3O6. The standard InChI is InChI=1S/C6H10O2.2C5H8O2.3C3H9ClN/c1-3-4-5(2)6(7)8;2*1-3-4(2)5(6)7;3*1-5(2,3)4/h4H,3H2,1-2H3,(H,7,8);3H,1-2H3,(H,6,7);2-3H2,1H3,(H,6,7);3*1-3H3/q;;;3*+1/p-3. The van der Waals surface area contributed by atoms with Gasteiger partial charge in [-0.2, -0.15) is 0 Å². The second kappa shape index (κ2) is 26.0. The second-order valence-corrected chi connectivity index (χ2v) is 12.7. The minimum Gasteiger partial charge on any atom is -0.545 e. The van der Waals surface area contributed by atoms with E-state index in [2.05, 4.69) is 6.58 Å². The third kappa shape index (κ3) is 119. The first-order chi connectivity index (χ1) is 16.0. The fourth-order valence-corrected chi connectivity index (χ4v) is 0.652. The average Bonchev–Trinajstić information content (AvgIpc) is 2.63. The van der Waals surface area contributed by atoms with E-state index < -0.39 is 17.9 Å². The molecule has 0 rings (SSSR count). The first-order valence-electron chi connectivity index (χ1n) is 11.2. The van der Waals surface area contributed by atoms with E-state index in [1.807, 2.05) is 70.4 Å². The van der Waals surface area contributed by atoms with Crippen molar-refractivity contribution in [2.75, 3.05) is 63.4 Å². The molecule has 0 N–H and O–H groups in total. The Balaban J connectivity index is -0.0000000788. The number of hydrogen-bond donors (Lipinski definition) is 0. The Morgan fingerprint density at radius 2 is 0.919 bits per heavy atom. The van der Waals surface area contributed by atoms with Crippen LogP contribution in [0.3, 0.4) is 0 Å². The summed E-state index contributed by atoms with van der Waals surface area (Å²) in [5.41, 5.74) is 0.743. The summed E-state index contributed by atoms with van der Waals surface area (Å²) in [5, 5.41) is 29.4. The first kappa shape index (κ1) is 48.4. The number of aliphatic carboxylic acids is 3. The van der Waals surface area contributed by atoms with E-state index in [0.717, 1.165) is 6.42 Å². The van der Waals surface area contributed by atoms with E-state index in [4.69, 9.17) is 35.3 Å². The number of carbonyl (C=O) groups is 3. The smallest absolute Gasteiger partial charge is 0.164 e. The van der Waals surface area contributed by atoms with Gasteiger partial charge >= 0.3 is 0 Å². The molecule has 0 spiro atoms. The first-order valence-corrected chi connectivity index (χ1v) is 12.2. The normalized spacial score (nSPS) is 11.1. The van der Waals surface area contributed by atoms with Crippen molar-refractivity contribution >= 4 is 53.2 Å². The molecule has 0 aliphatic rings. The van der Waals surface area contributed by atoms with Crippen molar-refractivity contribution < 1.29 is 41.7 Å². The SMILES string of the molecule is C=C(CC)C(=O)[O-].CC=C(C)C(=O)[O-].CCC=C(C)C(=O)[O-].C[N+](C)(C)Cl.C[N+](C)(C)Cl.C[N+](C)(C)Cl. The molecule has 0 saturated carbocycles. The summed E-state index contributed by atoms with van der Waals surface area (Å²) < 4.78 is 1.42. The van der Waals surface area contributed by atoms with Crippen LogP contribution in [-0.2, 0) is 14.4 Å². The van der Waals surface area contributed by atoms with Gasteiger partial charge in [-0.1, -0.05) is 32.6 Å². The van der Waals surface area contributed by atoms with E-state index in [-0.39, 0.29) is 11.1 Å². The molecule has 0 bridgehead atoms. The van der Waals surface area contributed by atoms with E-state index >= 15 is 0 Å². The van der Waals surface area contributed by atoms with Crippen LogP contribution in [0.4, 0.5) is 0 Å². The van der Waals surface area contributed by atoms with Crippen molar-refractivity contribution in [2.45, 2.75) is 47.5 Å². The summed E-state index contributed by atoms with van der Waals surface area (Å²) in [5.74, 6) is -3.32. The Morgan fingerprint density at radius 1 is 0.676 bits per heavy atom. The van der Waals surface area contributed by atoms with E-state index in [9.17, 15) is 29.7 Å². The topological polar surface area (TPSA) is 120 Å². The van der Waals surface area contributed by atoms with Crippen molar-refractivity contribution in [1.82, 2.24) is 0 Å². The summed E-state index contributed by atoms with van der Waals surface area (Å²) in [6.07, 6.45) is 4.33. The van der Waals surface area contributed by atoms with Crippen LogP contribution in [0.25, 0.3) is 0 Å². The number of hydrogen-bond acceptors (Lipinski definition) is 6. The fourth-order valence-electron chi connectivity index (χ4n) is 0.652. The number of rotatable bonds is 5. The maximum atomic E-state index is 9.91. The zero-order chi connectivity index (χ0) is 31.8. The second-order valence-electron chi connectivity index (χ2n) is 9.63. The van der Waals surface area contributed by atoms with Crippen LogP contribution in [0.15, 0.2) is 35.5 Å². The molecule has 0 fully saturated rings. The Hall–Kier alpha value is -1.62. The van der Waals surface area contributed by atoms with Gasteiger partial charge in [0.2, 0.25) is 0 Å². The predicted molar refractivity (Wildman–Crippen MR) is 150 cm³/mol. The minimum atomic E-state index is -1.15. The fraction of sp³-hybridized carbons (Fsp3) is 0.640. The van der Waals surface area contributed by atoms with Crippen LogP contribution in [0.5, 0.6) is 0 Å². The van der Waals surface area contributed by atoms with Gasteiger partial charge in [-0.25, -0.2) is 12.0 Å². The molecule has 0 aliphatic heterocycles. The largest absolute Gasteiger partial charge is 0.545 e. The maximum absolute atomic E-state index is 9.91. The molecule has 0 atom stereocenters. The lowest BCUT2D eigenvalue weighted by atomic mass is 10.2. The highest BCUT2D eigenvalue weighted by Crippen LogP contribution is 1.93. The van der Waals surface area contributed by atoms with E-state index in [0.29, 0.717) is 24.0 Å². The average molecular weight is 595 g/mol. The quantitative estimate of drug-likeness (QED) is 0.355. The van der Waals surface area contributed by atoms with E-state index in [1.165, 1.54) is 19.9 Å². The van der Waals surface area contributed by atoms with Crippen molar-refractivity contribution in [2.24, 2.45) is 0 Å². The van der Waals surface area contributed by atoms with Gasteiger partial charge in [-0.15, -0.1) is 0 Å². The van der Waals surface area contributed by atoms with E-state index in [1.54, 1.807) is 19.9 Å². The zero-order valence-electron chi connectivity index (χ0n) is 25.2. The summed E-state index contributed by atoms with van der Waals surface area (Å²) in [6, 6.07) is 0. The Morgan fingerprint density at radius 3 is 0.946 bits per heavy atom. The summed E-state index contributed by atoms with van der Waals surface area (Å²) >= 11 is 16.4. The van der Waals surface area contributed by atoms with Crippen LogP contribution < -0.4 is 15.3 Å². The van der Waals surface area contributed by atoms with Gasteiger partial charge in [0, 0.05) is 0 Å². The van der Waals surface area contributed by atoms with Gasteiger partial charge in [0.05, 0.1) is 81.3 Å². The van der Waals surface area contributed by atoms with Gasteiger partial charge in [0.1, 0.15) is 0 Å². The summed E-state index contributed by atoms with van der Waals surface area (Å²) in [7, 11) is 17.0. The molecule has 0 aliphatic carbocycles. The molecule has 0 heterocycles. The molecule has 0 saturated heterocycles. The molecular weight excluding hydrogens is 545 g/mol. The molecule has 0 amide bonds. The lowest BCUT2D eigenvalue weighted by Crippen LogP contribution is -2.23. The Kier molecular flexibility index (Phi) is 34.1. The van der Waals surface area contributed by atoms with Crippen LogP contribution in [0.2, 0.25) is 0 Å². The third-order valence-electron chi connectivity index (χ3n) is 2.30. The predicted octanol–water partition coefficient (Wildman–Crippen LogP) is 2.04. The van der Waals surface area contributed by atoms with Crippen LogP contribution in [0.1, 0.15) is 47.5 Å². The molecule has 0 aromatic heterocycles. The maximum Gasteiger partial charge on any atom is 0.164 e. The third-order valence-corrected chi connectivity index (χ3v) is 2.30. The monoisotopic (exact) mass is 593 g/mol. The number of halogens is 3. The van der Waals surface area contributed by atoms with Gasteiger partial charge in [-0.05, 0) is 50.3 Å². The molecule has 222 valence electrons. The number of allylic oxidation sites excluding steroid dienone is 2. The number of carbonyl (C=O) groups excluding carboxylic acids is 3. The van der Waals surface area contributed by atoms with Gasteiger partial charge in [0.15, 0.2) is 35.3 Å². The van der Waals surface area contributed by atoms with Crippen molar-refractivity contribution in [3.63, 3.8) is 0 Å². The van der Waals surface area contributed by atoms with Crippen molar-refractivity contribution in [1.29, 1.82) is 0 Å². The zero-order valence-corrected chi connectivity index (χ0v) is 27.5. The highest BCUT2D eigenvalue weighted by Gasteiger charge is 1.96. The summed E-state index contributed by atoms with van der Waals surface area (Å²) in [6.45, 7) is 11.5. The van der Waals surface area contributed by atoms with Crippen molar-refractivity contribution in [3.05, 3.63) is 35.5 Å². The van der Waals surface area contributed by atoms with Crippen molar-refractivity contribution in [3.8, 4) is 0 Å². The van der Waals surface area contributed by atoms with Crippen LogP contribution in [0, 0.1) is 0 Å². The number of nitrogens with zero attached hydrogens (tertiary/aromatic N) is 3. The molecule has 12 heteroatoms. The summed E-state index contributed by atoms with van der Waals surface area (Å²) in [4.78, 5) is 29.4. The molecule has 0 radical (unpaired) electrons. The lowest BCUT2D eigenvalue weighted by molar-refractivity contribution is -0.747. The van der Waals surface area contributed by atoms with Crippen LogP contribution in [-0.4, -0.2) is 93.3 Å². The number of quaternary nitrogens is 3. The highest BCUT2D eigenvalue weighted by molar-refractivity contribution is 6.06. The van der Waals surface area contributed by atoms with Gasteiger partial charge in [-0.3, -0.25) is 0 Å². The molecule has 0 aromatic carbocycles. The molecule has 9 nitrogen and oxygen atoms in total.